The summed E-state index contributed by atoms with van der Waals surface area (Å²) in [7, 11) is -11.5. The fourth-order valence-electron chi connectivity index (χ4n) is 3.00. The van der Waals surface area contributed by atoms with Gasteiger partial charge in [0.05, 0.1) is 30.3 Å². The van der Waals surface area contributed by atoms with Gasteiger partial charge >= 0.3 is 45.0 Å². The first-order valence-electron chi connectivity index (χ1n) is 8.01. The van der Waals surface area contributed by atoms with Crippen molar-refractivity contribution in [2.24, 2.45) is 11.8 Å². The minimum absolute atomic E-state index is 1.37. The molecule has 0 aromatic carbocycles. The summed E-state index contributed by atoms with van der Waals surface area (Å²) < 4.78 is 23.6. The van der Waals surface area contributed by atoms with E-state index in [4.69, 9.17) is 15.3 Å². The molecule has 4 unspecified atom stereocenters. The quantitative estimate of drug-likeness (QED) is 0.126. The molecule has 0 heterocycles. The van der Waals surface area contributed by atoms with Gasteiger partial charge in [-0.25, -0.2) is 0 Å². The molecule has 0 bridgehead atoms. The lowest BCUT2D eigenvalue weighted by atomic mass is 9.83. The summed E-state index contributed by atoms with van der Waals surface area (Å²) in [5, 5.41) is 41.9. The number of carboxylic acid groups (broad SMARTS) is 5. The van der Waals surface area contributed by atoms with Gasteiger partial charge in [-0.3, -0.25) is 33.1 Å². The summed E-state index contributed by atoms with van der Waals surface area (Å²) >= 11 is 0. The summed E-state index contributed by atoms with van der Waals surface area (Å²) in [6, 6.07) is 0. The average Bonchev–Trinajstić information content (AvgIpc) is 2.51. The van der Waals surface area contributed by atoms with Gasteiger partial charge in [0.2, 0.25) is 0 Å². The van der Waals surface area contributed by atoms with E-state index in [1.165, 1.54) is 0 Å². The molecule has 0 amide bonds. The maximum Gasteiger partial charge on any atom is 0.343 e. The van der Waals surface area contributed by atoms with Crippen molar-refractivity contribution in [1.82, 2.24) is 0 Å². The van der Waals surface area contributed by atoms with Crippen LogP contribution in [0.15, 0.2) is 0 Å². The molecule has 4 atom stereocenters. The highest BCUT2D eigenvalue weighted by molar-refractivity contribution is 7.55. The van der Waals surface area contributed by atoms with E-state index < -0.39 is 93.4 Å². The molecule has 0 radical (unpaired) electrons. The van der Waals surface area contributed by atoms with Crippen LogP contribution >= 0.6 is 15.2 Å². The Labute approximate surface area is 172 Å². The Kier molecular flexibility index (Phi) is 9.53. The van der Waals surface area contributed by atoms with Crippen LogP contribution in [0, 0.1) is 11.8 Å². The highest BCUT2D eigenvalue weighted by atomic mass is 31.2. The van der Waals surface area contributed by atoms with E-state index in [0.717, 1.165) is 0 Å². The first-order chi connectivity index (χ1) is 13.8. The van der Waals surface area contributed by atoms with Gasteiger partial charge in [-0.05, 0) is 12.8 Å². The third-order valence-electron chi connectivity index (χ3n) is 4.53. The summed E-state index contributed by atoms with van der Waals surface area (Å²) in [6.07, 6.45) is -5.95. The van der Waals surface area contributed by atoms with Gasteiger partial charge in [-0.15, -0.1) is 0 Å². The van der Waals surface area contributed by atoms with Gasteiger partial charge in [0.15, 0.2) is 5.16 Å². The maximum atomic E-state index is 11.9. The van der Waals surface area contributed by atoms with E-state index in [9.17, 15) is 62.9 Å². The van der Waals surface area contributed by atoms with Crippen LogP contribution in [-0.2, 0) is 33.1 Å². The molecule has 18 heteroatoms. The highest BCUT2D eigenvalue weighted by Gasteiger charge is 2.57. The van der Waals surface area contributed by atoms with E-state index in [1.54, 1.807) is 0 Å². The Morgan fingerprint density at radius 3 is 1.52 bits per heavy atom. The van der Waals surface area contributed by atoms with Crippen LogP contribution in [0.25, 0.3) is 0 Å². The zero-order chi connectivity index (χ0) is 24.9. The van der Waals surface area contributed by atoms with Crippen LogP contribution in [0.3, 0.4) is 0 Å². The van der Waals surface area contributed by atoms with Crippen molar-refractivity contribution in [2.45, 2.75) is 36.5 Å². The molecule has 0 saturated carbocycles. The molecule has 0 aromatic rings. The van der Waals surface area contributed by atoms with Crippen molar-refractivity contribution >= 4 is 45.0 Å². The Morgan fingerprint density at radius 1 is 0.774 bits per heavy atom. The topological polar surface area (TPSA) is 302 Å². The second kappa shape index (κ2) is 10.3. The Morgan fingerprint density at radius 2 is 1.26 bits per heavy atom. The lowest BCUT2D eigenvalue weighted by molar-refractivity contribution is -0.157. The van der Waals surface area contributed by atoms with Crippen LogP contribution in [0.1, 0.15) is 25.7 Å². The van der Waals surface area contributed by atoms with Crippen molar-refractivity contribution < 1.29 is 78.2 Å². The Bertz CT molecular complexity index is 838. The van der Waals surface area contributed by atoms with Crippen molar-refractivity contribution in [3.8, 4) is 0 Å². The lowest BCUT2D eigenvalue weighted by Crippen LogP contribution is -2.44. The third kappa shape index (κ3) is 7.38. The molecule has 0 aromatic heterocycles. The SMILES string of the molecule is O=C(O)CC(C(=O)O)C(C(=O)O)C(CCC(CC(=O)O)(C(=O)O)P(=O)(O)O)P(=O)(O)O. The summed E-state index contributed by atoms with van der Waals surface area (Å²) in [4.78, 5) is 94.2. The minimum atomic E-state index is -5.84. The molecule has 0 rings (SSSR count). The lowest BCUT2D eigenvalue weighted by Gasteiger charge is -2.33. The number of carbonyl (C=O) groups is 5. The van der Waals surface area contributed by atoms with Crippen molar-refractivity contribution in [1.29, 1.82) is 0 Å². The first kappa shape index (κ1) is 28.6. The summed E-state index contributed by atoms with van der Waals surface area (Å²) in [5.74, 6) is -15.5. The van der Waals surface area contributed by atoms with Crippen molar-refractivity contribution in [3.05, 3.63) is 0 Å². The molecule has 178 valence electrons. The summed E-state index contributed by atoms with van der Waals surface area (Å²) in [6.45, 7) is 0. The molecule has 0 fully saturated rings. The van der Waals surface area contributed by atoms with E-state index in [0.29, 0.717) is 0 Å². The van der Waals surface area contributed by atoms with E-state index >= 15 is 0 Å². The van der Waals surface area contributed by atoms with Gasteiger partial charge in [0.25, 0.3) is 0 Å². The molecule has 16 nitrogen and oxygen atoms in total. The number of rotatable bonds is 14. The molecule has 0 saturated heterocycles. The largest absolute Gasteiger partial charge is 0.481 e. The Balaban J connectivity index is 6.51. The number of hydrogen-bond acceptors (Lipinski definition) is 7. The molecule has 9 N–H and O–H groups in total. The van der Waals surface area contributed by atoms with Crippen LogP contribution in [0.5, 0.6) is 0 Å². The predicted octanol–water partition coefficient (Wildman–Crippen LogP) is -1.33. The van der Waals surface area contributed by atoms with Crippen LogP contribution in [0.2, 0.25) is 0 Å². The van der Waals surface area contributed by atoms with Crippen LogP contribution < -0.4 is 0 Å². The molecule has 0 aliphatic carbocycles. The molecule has 0 aliphatic heterocycles. The van der Waals surface area contributed by atoms with E-state index in [1.807, 2.05) is 0 Å². The first-order valence-corrected chi connectivity index (χ1v) is 11.3. The van der Waals surface area contributed by atoms with E-state index in [2.05, 4.69) is 0 Å². The molecule has 31 heavy (non-hydrogen) atoms. The van der Waals surface area contributed by atoms with Gasteiger partial charge < -0.3 is 45.1 Å². The molecular formula is C13H20O16P2. The predicted molar refractivity (Wildman–Crippen MR) is 94.2 cm³/mol. The maximum absolute atomic E-state index is 11.9. The van der Waals surface area contributed by atoms with Gasteiger partial charge in [-0.2, -0.15) is 0 Å². The second-order valence-electron chi connectivity index (χ2n) is 6.55. The average molecular weight is 494 g/mol. The zero-order valence-corrected chi connectivity index (χ0v) is 17.1. The second-order valence-corrected chi connectivity index (χ2v) is 10.3. The van der Waals surface area contributed by atoms with Gasteiger partial charge in [-0.1, -0.05) is 0 Å². The monoisotopic (exact) mass is 494 g/mol. The summed E-state index contributed by atoms with van der Waals surface area (Å²) in [5.41, 5.74) is -2.61. The van der Waals surface area contributed by atoms with Crippen LogP contribution in [-0.4, -0.2) is 85.8 Å². The molecule has 0 spiro atoms. The molecule has 0 aliphatic rings. The number of carboxylic acids is 5. The normalized spacial score (nSPS) is 17.0. The van der Waals surface area contributed by atoms with Crippen LogP contribution in [0.4, 0.5) is 0 Å². The third-order valence-corrected chi connectivity index (χ3v) is 7.66. The van der Waals surface area contributed by atoms with Crippen molar-refractivity contribution in [3.63, 3.8) is 0 Å². The van der Waals surface area contributed by atoms with E-state index in [-0.39, 0.29) is 0 Å². The standard InChI is InChI=1S/C13H20O16P2/c14-7(15)3-5(10(18)19)9(11(20)21)6(30(24,25)26)1-2-13(12(22)23,4-8(16)17)31(27,28)29/h5-6,9H,1-4H2,(H,14,15)(H,16,17)(H,18,19)(H,20,21)(H,22,23)(H2,24,25,26)(H2,27,28,29). The smallest absolute Gasteiger partial charge is 0.343 e. The van der Waals surface area contributed by atoms with Gasteiger partial charge in [0.1, 0.15) is 0 Å². The van der Waals surface area contributed by atoms with Crippen molar-refractivity contribution in [2.75, 3.05) is 0 Å². The minimum Gasteiger partial charge on any atom is -0.481 e. The number of aliphatic carboxylic acids is 5. The fraction of sp³-hybridized carbons (Fsp3) is 0.615. The van der Waals surface area contributed by atoms with Gasteiger partial charge in [0, 0.05) is 0 Å². The number of hydrogen-bond donors (Lipinski definition) is 9. The fourth-order valence-corrected chi connectivity index (χ4v) is 5.23. The molecular weight excluding hydrogens is 474 g/mol. The zero-order valence-electron chi connectivity index (χ0n) is 15.3. The highest BCUT2D eigenvalue weighted by Crippen LogP contribution is 2.58. The Hall–Kier alpha value is -2.35.